The zero-order valence-corrected chi connectivity index (χ0v) is 16.0. The van der Waals surface area contributed by atoms with Crippen molar-refractivity contribution in [3.05, 3.63) is 45.1 Å². The zero-order valence-electron chi connectivity index (χ0n) is 16.0. The molecule has 0 fully saturated rings. The number of carboxylic acid groups (broad SMARTS) is 2. The molecule has 0 aliphatic heterocycles. The van der Waals surface area contributed by atoms with Gasteiger partial charge in [0.05, 0.1) is 22.9 Å². The molecule has 29 heavy (non-hydrogen) atoms. The number of aromatic amines is 1. The van der Waals surface area contributed by atoms with E-state index in [1.54, 1.807) is 32.0 Å². The number of nitrogens with one attached hydrogen (secondary N) is 2. The SMILES string of the molecule is CC(C)C[C@@H](C(=O)N[C@@H](CCC(=O)[O-])C(=O)[O-])n1c(=O)[nH]c2ccccc2c1=O. The van der Waals surface area contributed by atoms with Gasteiger partial charge in [0.25, 0.3) is 5.56 Å². The van der Waals surface area contributed by atoms with Gasteiger partial charge in [-0.2, -0.15) is 0 Å². The topological polar surface area (TPSA) is 164 Å². The molecule has 0 bridgehead atoms. The molecule has 0 unspecified atom stereocenters. The molecule has 1 aromatic carbocycles. The van der Waals surface area contributed by atoms with Gasteiger partial charge in [0.15, 0.2) is 0 Å². The van der Waals surface area contributed by atoms with Crippen LogP contribution in [0.1, 0.15) is 39.2 Å². The number of rotatable bonds is 9. The van der Waals surface area contributed by atoms with Crippen molar-refractivity contribution in [3.8, 4) is 0 Å². The van der Waals surface area contributed by atoms with Crippen LogP contribution >= 0.6 is 0 Å². The quantitative estimate of drug-likeness (QED) is 0.491. The van der Waals surface area contributed by atoms with Gasteiger partial charge >= 0.3 is 5.69 Å². The summed E-state index contributed by atoms with van der Waals surface area (Å²) in [5.41, 5.74) is -1.19. The van der Waals surface area contributed by atoms with Crippen molar-refractivity contribution in [2.75, 3.05) is 0 Å². The molecule has 0 saturated heterocycles. The summed E-state index contributed by atoms with van der Waals surface area (Å²) in [4.78, 5) is 62.6. The van der Waals surface area contributed by atoms with Crippen LogP contribution in [0.15, 0.2) is 33.9 Å². The molecule has 1 heterocycles. The minimum absolute atomic E-state index is 0.0768. The maximum absolute atomic E-state index is 12.9. The number of nitrogens with zero attached hydrogens (tertiary/aromatic N) is 1. The van der Waals surface area contributed by atoms with Crippen LogP contribution < -0.4 is 26.8 Å². The van der Waals surface area contributed by atoms with Crippen molar-refractivity contribution in [2.24, 2.45) is 5.92 Å². The van der Waals surface area contributed by atoms with Gasteiger partial charge in [-0.3, -0.25) is 9.59 Å². The van der Waals surface area contributed by atoms with Crippen molar-refractivity contribution in [3.63, 3.8) is 0 Å². The van der Waals surface area contributed by atoms with Gasteiger partial charge in [-0.15, -0.1) is 0 Å². The maximum Gasteiger partial charge on any atom is 0.329 e. The number of amides is 1. The van der Waals surface area contributed by atoms with E-state index < -0.39 is 54.0 Å². The van der Waals surface area contributed by atoms with Crippen molar-refractivity contribution < 1.29 is 24.6 Å². The largest absolute Gasteiger partial charge is 0.550 e. The van der Waals surface area contributed by atoms with E-state index in [2.05, 4.69) is 10.3 Å². The van der Waals surface area contributed by atoms with E-state index in [9.17, 15) is 34.2 Å². The Balaban J connectivity index is 2.46. The Morgan fingerprint density at radius 1 is 1.14 bits per heavy atom. The molecule has 10 nitrogen and oxygen atoms in total. The monoisotopic (exact) mass is 403 g/mol. The van der Waals surface area contributed by atoms with Gasteiger partial charge < -0.3 is 30.1 Å². The molecular weight excluding hydrogens is 382 g/mol. The molecule has 1 amide bonds. The first-order valence-electron chi connectivity index (χ1n) is 9.06. The van der Waals surface area contributed by atoms with Gasteiger partial charge in [0.1, 0.15) is 6.04 Å². The summed E-state index contributed by atoms with van der Waals surface area (Å²) in [6.45, 7) is 3.54. The summed E-state index contributed by atoms with van der Waals surface area (Å²) >= 11 is 0. The molecule has 0 saturated carbocycles. The minimum atomic E-state index is -1.68. The molecule has 2 atom stereocenters. The number of carbonyl (C=O) groups is 3. The number of para-hydroxylation sites is 1. The Hall–Kier alpha value is -3.43. The Bertz CT molecular complexity index is 1040. The molecule has 156 valence electrons. The summed E-state index contributed by atoms with van der Waals surface area (Å²) in [6.07, 6.45) is -0.981. The van der Waals surface area contributed by atoms with Crippen LogP contribution in [0.2, 0.25) is 0 Å². The molecule has 0 aliphatic carbocycles. The van der Waals surface area contributed by atoms with Crippen molar-refractivity contribution in [2.45, 2.75) is 45.2 Å². The van der Waals surface area contributed by atoms with E-state index in [4.69, 9.17) is 0 Å². The predicted molar refractivity (Wildman–Crippen MR) is 98.5 cm³/mol. The third kappa shape index (κ3) is 5.31. The molecule has 0 spiro atoms. The third-order valence-electron chi connectivity index (χ3n) is 4.38. The van der Waals surface area contributed by atoms with Gasteiger partial charge in [0, 0.05) is 5.97 Å². The second-order valence-corrected chi connectivity index (χ2v) is 7.09. The Morgan fingerprint density at radius 2 is 1.79 bits per heavy atom. The summed E-state index contributed by atoms with van der Waals surface area (Å²) in [5.74, 6) is -4.17. The van der Waals surface area contributed by atoms with Gasteiger partial charge in [-0.1, -0.05) is 26.0 Å². The molecule has 0 aliphatic rings. The lowest BCUT2D eigenvalue weighted by molar-refractivity contribution is -0.310. The molecule has 2 N–H and O–H groups in total. The first kappa shape index (κ1) is 21.9. The molecule has 10 heteroatoms. The standard InChI is InChI=1S/C19H23N3O7/c1-10(2)9-14(16(25)20-13(18(27)28)7-8-15(23)24)22-17(26)11-5-3-4-6-12(11)21-19(22)29/h3-6,10,13-14H,7-9H2,1-2H3,(H,20,25)(H,21,29)(H,23,24)(H,27,28)/p-2/t13-,14-/m0/s1. The number of hydrogen-bond acceptors (Lipinski definition) is 7. The smallest absolute Gasteiger partial charge is 0.329 e. The lowest BCUT2D eigenvalue weighted by Crippen LogP contribution is -2.52. The van der Waals surface area contributed by atoms with Crippen molar-refractivity contribution >= 4 is 28.7 Å². The van der Waals surface area contributed by atoms with E-state index in [1.807, 2.05) is 0 Å². The highest BCUT2D eigenvalue weighted by Crippen LogP contribution is 2.16. The highest BCUT2D eigenvalue weighted by atomic mass is 16.4. The van der Waals surface area contributed by atoms with E-state index in [0.29, 0.717) is 5.52 Å². The number of aliphatic carboxylic acids is 2. The zero-order chi connectivity index (χ0) is 21.7. The third-order valence-corrected chi connectivity index (χ3v) is 4.38. The van der Waals surface area contributed by atoms with Crippen molar-refractivity contribution in [1.29, 1.82) is 0 Å². The fraction of sp³-hybridized carbons (Fsp3) is 0.421. The maximum atomic E-state index is 12.9. The summed E-state index contributed by atoms with van der Waals surface area (Å²) in [6, 6.07) is 3.40. The van der Waals surface area contributed by atoms with Crippen LogP contribution in [0.25, 0.3) is 10.9 Å². The number of hydrogen-bond donors (Lipinski definition) is 2. The van der Waals surface area contributed by atoms with Crippen LogP contribution in [0.3, 0.4) is 0 Å². The fourth-order valence-corrected chi connectivity index (χ4v) is 3.01. The highest BCUT2D eigenvalue weighted by molar-refractivity contribution is 5.86. The molecule has 0 radical (unpaired) electrons. The van der Waals surface area contributed by atoms with Crippen LogP contribution in [-0.4, -0.2) is 33.4 Å². The molecule has 2 aromatic rings. The average Bonchev–Trinajstić information content (AvgIpc) is 2.63. The summed E-state index contributed by atoms with van der Waals surface area (Å²) < 4.78 is 0.753. The van der Waals surface area contributed by atoms with Crippen LogP contribution in [0.5, 0.6) is 0 Å². The Labute approximate surface area is 165 Å². The second-order valence-electron chi connectivity index (χ2n) is 7.09. The number of H-pyrrole nitrogens is 1. The number of carboxylic acids is 2. The number of benzene rings is 1. The lowest BCUT2D eigenvalue weighted by Gasteiger charge is -2.25. The second kappa shape index (κ2) is 9.18. The lowest BCUT2D eigenvalue weighted by atomic mass is 10.0. The normalized spacial score (nSPS) is 13.2. The van der Waals surface area contributed by atoms with Crippen molar-refractivity contribution in [1.82, 2.24) is 14.9 Å². The van der Waals surface area contributed by atoms with Crippen LogP contribution in [0, 0.1) is 5.92 Å². The average molecular weight is 403 g/mol. The van der Waals surface area contributed by atoms with Gasteiger partial charge in [-0.05, 0) is 37.3 Å². The molecule has 1 aromatic heterocycles. The highest BCUT2D eigenvalue weighted by Gasteiger charge is 2.28. The Morgan fingerprint density at radius 3 is 2.38 bits per heavy atom. The van der Waals surface area contributed by atoms with Gasteiger partial charge in [-0.25, -0.2) is 9.36 Å². The minimum Gasteiger partial charge on any atom is -0.550 e. The first-order valence-corrected chi connectivity index (χ1v) is 9.06. The Kier molecular flexibility index (Phi) is 6.92. The summed E-state index contributed by atoms with van der Waals surface area (Å²) in [7, 11) is 0. The fourth-order valence-electron chi connectivity index (χ4n) is 3.01. The van der Waals surface area contributed by atoms with E-state index in [1.165, 1.54) is 6.07 Å². The van der Waals surface area contributed by atoms with E-state index >= 15 is 0 Å². The molecule has 2 rings (SSSR count). The number of aromatic nitrogens is 2. The first-order chi connectivity index (χ1) is 13.6. The number of carbonyl (C=O) groups excluding carboxylic acids is 3. The van der Waals surface area contributed by atoms with E-state index in [0.717, 1.165) is 4.57 Å². The predicted octanol–water partition coefficient (Wildman–Crippen LogP) is -1.96. The number of fused-ring (bicyclic) bond motifs is 1. The summed E-state index contributed by atoms with van der Waals surface area (Å²) in [5, 5.41) is 24.2. The van der Waals surface area contributed by atoms with E-state index in [-0.39, 0.29) is 17.7 Å². The molecular formula is C19H21N3O7-2. The van der Waals surface area contributed by atoms with Gasteiger partial charge in [0.2, 0.25) is 5.91 Å². The van der Waals surface area contributed by atoms with Crippen LogP contribution in [-0.2, 0) is 14.4 Å². The van der Waals surface area contributed by atoms with Crippen LogP contribution in [0.4, 0.5) is 0 Å².